The highest BCUT2D eigenvalue weighted by Gasteiger charge is 2.30. The quantitative estimate of drug-likeness (QED) is 0.451. The molecule has 4 nitrogen and oxygen atoms in total. The third kappa shape index (κ3) is 3.11. The number of carbonyl (C=O) groups is 2. The van der Waals surface area contributed by atoms with Crippen molar-refractivity contribution in [3.63, 3.8) is 0 Å². The summed E-state index contributed by atoms with van der Waals surface area (Å²) < 4.78 is 109. The molecule has 0 aliphatic rings. The second-order valence-electron chi connectivity index (χ2n) is 4.87. The number of carboxylic acids is 2. The molecule has 0 amide bonds. The van der Waals surface area contributed by atoms with Crippen LogP contribution in [0.15, 0.2) is 0 Å². The van der Waals surface area contributed by atoms with Crippen LogP contribution in [0, 0.1) is 58.4 Å². The molecule has 0 atom stereocenters. The van der Waals surface area contributed by atoms with Crippen molar-refractivity contribution in [2.24, 2.45) is 0 Å². The minimum atomic E-state index is -2.39. The van der Waals surface area contributed by atoms with Gasteiger partial charge in [0.1, 0.15) is 22.3 Å². The van der Waals surface area contributed by atoms with E-state index in [-0.39, 0.29) is 0 Å². The predicted molar refractivity (Wildman–Crippen MR) is 72.4 cm³/mol. The average molecular weight is 410 g/mol. The van der Waals surface area contributed by atoms with Crippen LogP contribution in [0.1, 0.15) is 31.8 Å². The van der Waals surface area contributed by atoms with E-state index in [1.807, 2.05) is 0 Å². The molecule has 0 fully saturated rings. The normalized spacial score (nSPS) is 10.4. The summed E-state index contributed by atoms with van der Waals surface area (Å²) in [5.74, 6) is -21.4. The van der Waals surface area contributed by atoms with Crippen molar-refractivity contribution in [1.29, 1.82) is 0 Å². The van der Waals surface area contributed by atoms with Crippen molar-refractivity contribution in [2.75, 3.05) is 0 Å². The van der Waals surface area contributed by atoms with Gasteiger partial charge < -0.3 is 10.2 Å². The van der Waals surface area contributed by atoms with Gasteiger partial charge in [0.15, 0.2) is 46.5 Å². The van der Waals surface area contributed by atoms with Gasteiger partial charge in [-0.1, -0.05) is 11.8 Å². The zero-order valence-corrected chi connectivity index (χ0v) is 12.7. The van der Waals surface area contributed by atoms with Crippen LogP contribution < -0.4 is 0 Å². The van der Waals surface area contributed by atoms with E-state index in [1.165, 1.54) is 11.8 Å². The van der Waals surface area contributed by atoms with Gasteiger partial charge in [-0.25, -0.2) is 44.7 Å². The average Bonchev–Trinajstić information content (AvgIpc) is 2.60. The summed E-state index contributed by atoms with van der Waals surface area (Å²) in [6, 6.07) is 0. The Labute approximate surface area is 148 Å². The largest absolute Gasteiger partial charge is 0.477 e. The first-order valence-corrected chi connectivity index (χ1v) is 6.62. The lowest BCUT2D eigenvalue weighted by molar-refractivity contribution is 0.0672. The molecule has 2 aromatic rings. The van der Waals surface area contributed by atoms with Crippen molar-refractivity contribution in [3.05, 3.63) is 68.8 Å². The number of rotatable bonds is 2. The minimum Gasteiger partial charge on any atom is -0.477 e. The van der Waals surface area contributed by atoms with Crippen LogP contribution >= 0.6 is 0 Å². The van der Waals surface area contributed by atoms with Crippen molar-refractivity contribution in [2.45, 2.75) is 0 Å². The molecule has 0 aromatic heterocycles. The Morgan fingerprint density at radius 1 is 0.500 bits per heavy atom. The van der Waals surface area contributed by atoms with Crippen LogP contribution in [0.3, 0.4) is 0 Å². The molecule has 12 heteroatoms. The highest BCUT2D eigenvalue weighted by Crippen LogP contribution is 2.26. The molecule has 0 spiro atoms. The summed E-state index contributed by atoms with van der Waals surface area (Å²) in [5, 5.41) is 17.0. The van der Waals surface area contributed by atoms with Crippen molar-refractivity contribution < 1.29 is 54.9 Å². The summed E-state index contributed by atoms with van der Waals surface area (Å²) in [7, 11) is 0. The summed E-state index contributed by atoms with van der Waals surface area (Å²) in [4.78, 5) is 21.2. The highest BCUT2D eigenvalue weighted by atomic mass is 19.2. The van der Waals surface area contributed by atoms with E-state index >= 15 is 0 Å². The van der Waals surface area contributed by atoms with Gasteiger partial charge in [-0.3, -0.25) is 0 Å². The van der Waals surface area contributed by atoms with Gasteiger partial charge in [0.05, 0.1) is 0 Å². The van der Waals surface area contributed by atoms with Crippen LogP contribution in [-0.2, 0) is 0 Å². The van der Waals surface area contributed by atoms with E-state index in [0.29, 0.717) is 0 Å². The molecule has 2 aromatic carbocycles. The summed E-state index contributed by atoms with van der Waals surface area (Å²) >= 11 is 0. The smallest absolute Gasteiger partial charge is 0.341 e. The number of benzene rings is 2. The first kappa shape index (κ1) is 20.7. The third-order valence-electron chi connectivity index (χ3n) is 3.27. The van der Waals surface area contributed by atoms with E-state index in [2.05, 4.69) is 0 Å². The van der Waals surface area contributed by atoms with Crippen LogP contribution in [0.4, 0.5) is 35.1 Å². The standard InChI is InChI=1S/C16H2F8O4/c17-7-3(8(18)12(22)5(11(7)21)15(25)26)1-2-4-9(19)13(23)6(16(27)28)14(24)10(4)20/h(H,25,26)(H,27,28). The van der Waals surface area contributed by atoms with Crippen LogP contribution in [0.25, 0.3) is 0 Å². The second kappa shape index (κ2) is 7.18. The van der Waals surface area contributed by atoms with E-state index in [0.717, 1.165) is 0 Å². The fourth-order valence-electron chi connectivity index (χ4n) is 1.98. The van der Waals surface area contributed by atoms with E-state index in [4.69, 9.17) is 10.2 Å². The van der Waals surface area contributed by atoms with Crippen LogP contribution in [0.5, 0.6) is 0 Å². The molecule has 0 radical (unpaired) electrons. The van der Waals surface area contributed by atoms with Crippen LogP contribution in [-0.4, -0.2) is 22.2 Å². The lowest BCUT2D eigenvalue weighted by Crippen LogP contribution is -2.12. The fourth-order valence-corrected chi connectivity index (χ4v) is 1.98. The first-order chi connectivity index (χ1) is 12.9. The maximum absolute atomic E-state index is 13.7. The number of aromatic carboxylic acids is 2. The molecular formula is C16H2F8O4. The van der Waals surface area contributed by atoms with Gasteiger partial charge in [-0.15, -0.1) is 0 Å². The maximum Gasteiger partial charge on any atom is 0.341 e. The molecule has 0 unspecified atom stereocenters. The van der Waals surface area contributed by atoms with Crippen molar-refractivity contribution in [1.82, 2.24) is 0 Å². The molecule has 0 heterocycles. The summed E-state index contributed by atoms with van der Waals surface area (Å²) in [5.41, 5.74) is -7.69. The molecule has 0 saturated heterocycles. The molecule has 28 heavy (non-hydrogen) atoms. The zero-order chi connectivity index (χ0) is 21.5. The van der Waals surface area contributed by atoms with E-state index in [1.54, 1.807) is 0 Å². The first-order valence-electron chi connectivity index (χ1n) is 6.62. The van der Waals surface area contributed by atoms with E-state index < -0.39 is 80.7 Å². The van der Waals surface area contributed by atoms with Crippen LogP contribution in [0.2, 0.25) is 0 Å². The third-order valence-corrected chi connectivity index (χ3v) is 3.27. The van der Waals surface area contributed by atoms with E-state index in [9.17, 15) is 44.7 Å². The fraction of sp³-hybridized carbons (Fsp3) is 0. The summed E-state index contributed by atoms with van der Waals surface area (Å²) in [6.07, 6.45) is 0. The zero-order valence-electron chi connectivity index (χ0n) is 12.7. The Balaban J connectivity index is 2.79. The maximum atomic E-state index is 13.7. The molecule has 0 bridgehead atoms. The SMILES string of the molecule is O=C(O)c1c(F)c(F)c(C#Cc2c(F)c(F)c(C(=O)O)c(F)c2F)c(F)c1F. The minimum absolute atomic E-state index is 1.20. The molecule has 0 aliphatic heterocycles. The number of carboxylic acid groups (broad SMARTS) is 2. The Hall–Kier alpha value is -3.62. The van der Waals surface area contributed by atoms with Crippen molar-refractivity contribution in [3.8, 4) is 11.8 Å². The van der Waals surface area contributed by atoms with Gasteiger partial charge in [0.2, 0.25) is 0 Å². The number of halogens is 8. The Morgan fingerprint density at radius 3 is 0.893 bits per heavy atom. The van der Waals surface area contributed by atoms with Gasteiger partial charge in [-0.05, 0) is 0 Å². The molecule has 146 valence electrons. The Bertz CT molecular complexity index is 971. The van der Waals surface area contributed by atoms with Gasteiger partial charge in [0, 0.05) is 0 Å². The highest BCUT2D eigenvalue weighted by molar-refractivity contribution is 5.89. The second-order valence-corrected chi connectivity index (χ2v) is 4.87. The van der Waals surface area contributed by atoms with Gasteiger partial charge in [0.25, 0.3) is 0 Å². The summed E-state index contributed by atoms with van der Waals surface area (Å²) in [6.45, 7) is 0. The van der Waals surface area contributed by atoms with Gasteiger partial charge in [-0.2, -0.15) is 0 Å². The van der Waals surface area contributed by atoms with Crippen molar-refractivity contribution >= 4 is 11.9 Å². The number of hydrogen-bond acceptors (Lipinski definition) is 2. The molecule has 2 rings (SSSR count). The predicted octanol–water partition coefficient (Wildman–Crippen LogP) is 3.60. The lowest BCUT2D eigenvalue weighted by Gasteiger charge is -2.06. The Kier molecular flexibility index (Phi) is 5.31. The molecule has 2 N–H and O–H groups in total. The molecule has 0 saturated carbocycles. The monoisotopic (exact) mass is 410 g/mol. The number of hydrogen-bond donors (Lipinski definition) is 2. The lowest BCUT2D eigenvalue weighted by atomic mass is 10.1. The Morgan fingerprint density at radius 2 is 0.714 bits per heavy atom. The van der Waals surface area contributed by atoms with Gasteiger partial charge >= 0.3 is 11.9 Å². The topological polar surface area (TPSA) is 74.6 Å². The molecular weight excluding hydrogens is 408 g/mol. The molecule has 0 aliphatic carbocycles.